The molecule has 1 heterocycles. The minimum Gasteiger partial charge on any atom is -0.322 e. The zero-order chi connectivity index (χ0) is 19.2. The maximum Gasteiger partial charge on any atom is 0.274 e. The fourth-order valence-corrected chi connectivity index (χ4v) is 2.38. The molecule has 7 heteroatoms. The molecule has 0 atom stereocenters. The SMILES string of the molecule is N#Cc1ccc(NC(=O)c2ccnc(C(=O)Nc3ccc(Cl)cc3)c2)cc1. The molecule has 0 radical (unpaired) electrons. The van der Waals surface area contributed by atoms with Gasteiger partial charge in [0.2, 0.25) is 0 Å². The van der Waals surface area contributed by atoms with Gasteiger partial charge in [-0.3, -0.25) is 14.6 Å². The van der Waals surface area contributed by atoms with Gasteiger partial charge in [0, 0.05) is 28.2 Å². The van der Waals surface area contributed by atoms with Crippen LogP contribution >= 0.6 is 11.6 Å². The van der Waals surface area contributed by atoms with Crippen LogP contribution in [0.4, 0.5) is 11.4 Å². The molecule has 0 spiro atoms. The summed E-state index contributed by atoms with van der Waals surface area (Å²) in [4.78, 5) is 28.7. The van der Waals surface area contributed by atoms with Crippen LogP contribution < -0.4 is 10.6 Å². The van der Waals surface area contributed by atoms with E-state index >= 15 is 0 Å². The molecule has 0 aliphatic carbocycles. The van der Waals surface area contributed by atoms with Crippen molar-refractivity contribution in [2.24, 2.45) is 0 Å². The molecule has 0 saturated heterocycles. The number of aromatic nitrogens is 1. The lowest BCUT2D eigenvalue weighted by Crippen LogP contribution is -2.17. The number of hydrogen-bond acceptors (Lipinski definition) is 4. The van der Waals surface area contributed by atoms with Crippen LogP contribution in [0.15, 0.2) is 66.9 Å². The van der Waals surface area contributed by atoms with Crippen molar-refractivity contribution in [3.8, 4) is 6.07 Å². The first-order chi connectivity index (χ1) is 13.0. The van der Waals surface area contributed by atoms with Gasteiger partial charge in [-0.05, 0) is 60.7 Å². The van der Waals surface area contributed by atoms with Crippen LogP contribution in [0.2, 0.25) is 5.02 Å². The molecule has 3 rings (SSSR count). The normalized spacial score (nSPS) is 9.93. The molecular formula is C20H13ClN4O2. The average Bonchev–Trinajstić information content (AvgIpc) is 2.70. The summed E-state index contributed by atoms with van der Waals surface area (Å²) >= 11 is 5.82. The number of carbonyl (C=O) groups excluding carboxylic acids is 2. The Morgan fingerprint density at radius 3 is 2.11 bits per heavy atom. The lowest BCUT2D eigenvalue weighted by Gasteiger charge is -2.08. The van der Waals surface area contributed by atoms with E-state index in [4.69, 9.17) is 16.9 Å². The van der Waals surface area contributed by atoms with Gasteiger partial charge < -0.3 is 10.6 Å². The molecule has 2 N–H and O–H groups in total. The van der Waals surface area contributed by atoms with Gasteiger partial charge in [0.05, 0.1) is 11.6 Å². The van der Waals surface area contributed by atoms with Crippen LogP contribution in [-0.2, 0) is 0 Å². The largest absolute Gasteiger partial charge is 0.322 e. The first kappa shape index (κ1) is 18.1. The standard InChI is InChI=1S/C20H13ClN4O2/c21-15-3-7-17(8-4-15)25-20(27)18-11-14(9-10-23-18)19(26)24-16-5-1-13(12-22)2-6-16/h1-11H,(H,24,26)(H,25,27). The second-order valence-electron chi connectivity index (χ2n) is 5.53. The molecule has 2 aromatic carbocycles. The first-order valence-corrected chi connectivity index (χ1v) is 8.27. The predicted octanol–water partition coefficient (Wildman–Crippen LogP) is 4.11. The highest BCUT2D eigenvalue weighted by atomic mass is 35.5. The van der Waals surface area contributed by atoms with Crippen LogP contribution in [0.1, 0.15) is 26.4 Å². The lowest BCUT2D eigenvalue weighted by molar-refractivity contribution is 0.102. The molecule has 0 aliphatic heterocycles. The minimum atomic E-state index is -0.439. The number of pyridine rings is 1. The van der Waals surface area contributed by atoms with E-state index < -0.39 is 5.91 Å². The zero-order valence-electron chi connectivity index (χ0n) is 13.9. The van der Waals surface area contributed by atoms with Crippen LogP contribution in [0.25, 0.3) is 0 Å². The van der Waals surface area contributed by atoms with Gasteiger partial charge in [-0.2, -0.15) is 5.26 Å². The number of carbonyl (C=O) groups is 2. The molecule has 0 fully saturated rings. The highest BCUT2D eigenvalue weighted by Gasteiger charge is 2.12. The first-order valence-electron chi connectivity index (χ1n) is 7.89. The van der Waals surface area contributed by atoms with Gasteiger partial charge in [0.25, 0.3) is 11.8 Å². The second kappa shape index (κ2) is 8.13. The number of benzene rings is 2. The summed E-state index contributed by atoms with van der Waals surface area (Å²) in [6.45, 7) is 0. The van der Waals surface area contributed by atoms with E-state index in [9.17, 15) is 9.59 Å². The van der Waals surface area contributed by atoms with Crippen molar-refractivity contribution in [2.45, 2.75) is 0 Å². The summed E-state index contributed by atoms with van der Waals surface area (Å²) in [5.41, 5.74) is 2.01. The summed E-state index contributed by atoms with van der Waals surface area (Å²) in [6.07, 6.45) is 1.39. The third kappa shape index (κ3) is 4.69. The lowest BCUT2D eigenvalue weighted by atomic mass is 10.2. The van der Waals surface area contributed by atoms with E-state index in [0.29, 0.717) is 22.0 Å². The maximum atomic E-state index is 12.4. The molecule has 1 aromatic heterocycles. The predicted molar refractivity (Wildman–Crippen MR) is 103 cm³/mol. The molecule has 6 nitrogen and oxygen atoms in total. The van der Waals surface area contributed by atoms with E-state index in [1.54, 1.807) is 48.5 Å². The molecule has 0 bridgehead atoms. The van der Waals surface area contributed by atoms with Crippen molar-refractivity contribution in [3.63, 3.8) is 0 Å². The number of nitrogens with zero attached hydrogens (tertiary/aromatic N) is 2. The third-order valence-corrected chi connectivity index (χ3v) is 3.88. The van der Waals surface area contributed by atoms with Crippen LogP contribution in [0, 0.1) is 11.3 Å². The summed E-state index contributed by atoms with van der Waals surface area (Å²) < 4.78 is 0. The Labute approximate surface area is 160 Å². The van der Waals surface area contributed by atoms with Gasteiger partial charge in [-0.1, -0.05) is 11.6 Å². The van der Waals surface area contributed by atoms with E-state index in [1.807, 2.05) is 6.07 Å². The van der Waals surface area contributed by atoms with E-state index in [-0.39, 0.29) is 17.2 Å². The van der Waals surface area contributed by atoms with Crippen molar-refractivity contribution < 1.29 is 9.59 Å². The van der Waals surface area contributed by atoms with Crippen LogP contribution in [0.5, 0.6) is 0 Å². The van der Waals surface area contributed by atoms with Crippen LogP contribution in [-0.4, -0.2) is 16.8 Å². The number of nitriles is 1. The van der Waals surface area contributed by atoms with Crippen molar-refractivity contribution in [2.75, 3.05) is 10.6 Å². The highest BCUT2D eigenvalue weighted by molar-refractivity contribution is 6.30. The number of amides is 2. The number of rotatable bonds is 4. The van der Waals surface area contributed by atoms with Crippen molar-refractivity contribution in [1.82, 2.24) is 4.98 Å². The molecule has 0 aliphatic rings. The van der Waals surface area contributed by atoms with E-state index in [2.05, 4.69) is 15.6 Å². The molecule has 0 unspecified atom stereocenters. The van der Waals surface area contributed by atoms with Gasteiger partial charge >= 0.3 is 0 Å². The fourth-order valence-electron chi connectivity index (χ4n) is 2.26. The molecule has 27 heavy (non-hydrogen) atoms. The van der Waals surface area contributed by atoms with Crippen molar-refractivity contribution in [1.29, 1.82) is 5.26 Å². The molecular weight excluding hydrogens is 364 g/mol. The summed E-state index contributed by atoms with van der Waals surface area (Å²) in [5.74, 6) is -0.826. The summed E-state index contributed by atoms with van der Waals surface area (Å²) in [6, 6.07) is 18.1. The van der Waals surface area contributed by atoms with Gasteiger partial charge in [0.1, 0.15) is 5.69 Å². The monoisotopic (exact) mass is 376 g/mol. The highest BCUT2D eigenvalue weighted by Crippen LogP contribution is 2.15. The number of nitrogens with one attached hydrogen (secondary N) is 2. The minimum absolute atomic E-state index is 0.109. The number of hydrogen-bond donors (Lipinski definition) is 2. The smallest absolute Gasteiger partial charge is 0.274 e. The Morgan fingerprint density at radius 2 is 1.48 bits per heavy atom. The van der Waals surface area contributed by atoms with Gasteiger partial charge in [-0.25, -0.2) is 0 Å². The summed E-state index contributed by atoms with van der Waals surface area (Å²) in [7, 11) is 0. The van der Waals surface area contributed by atoms with Gasteiger partial charge in [-0.15, -0.1) is 0 Å². The molecule has 0 saturated carbocycles. The van der Waals surface area contributed by atoms with E-state index in [1.165, 1.54) is 18.3 Å². The molecule has 2 amide bonds. The van der Waals surface area contributed by atoms with Crippen molar-refractivity contribution in [3.05, 3.63) is 88.7 Å². The Kier molecular flexibility index (Phi) is 5.45. The maximum absolute atomic E-state index is 12.4. The molecule has 3 aromatic rings. The Hall–Kier alpha value is -3.69. The number of halogens is 1. The summed E-state index contributed by atoms with van der Waals surface area (Å²) in [5, 5.41) is 14.8. The second-order valence-corrected chi connectivity index (χ2v) is 5.97. The zero-order valence-corrected chi connectivity index (χ0v) is 14.7. The third-order valence-electron chi connectivity index (χ3n) is 3.63. The van der Waals surface area contributed by atoms with E-state index in [0.717, 1.165) is 0 Å². The topological polar surface area (TPSA) is 94.9 Å². The Morgan fingerprint density at radius 1 is 0.889 bits per heavy atom. The molecule has 132 valence electrons. The quantitative estimate of drug-likeness (QED) is 0.716. The average molecular weight is 377 g/mol. The van der Waals surface area contributed by atoms with Crippen molar-refractivity contribution >= 4 is 34.8 Å². The Bertz CT molecular complexity index is 1030. The Balaban J connectivity index is 1.71. The fraction of sp³-hybridized carbons (Fsp3) is 0. The van der Waals surface area contributed by atoms with Crippen LogP contribution in [0.3, 0.4) is 0 Å². The van der Waals surface area contributed by atoms with Gasteiger partial charge in [0.15, 0.2) is 0 Å². The number of anilines is 2.